The highest BCUT2D eigenvalue weighted by molar-refractivity contribution is 5.68. The van der Waals surface area contributed by atoms with E-state index in [0.29, 0.717) is 5.92 Å². The Hall–Kier alpha value is -2.77. The second-order valence-electron chi connectivity index (χ2n) is 9.73. The molecule has 1 unspecified atom stereocenters. The molecule has 184 valence electrons. The van der Waals surface area contributed by atoms with Gasteiger partial charge in [-0.1, -0.05) is 30.3 Å². The maximum absolute atomic E-state index is 14.2. The number of aliphatic carboxylic acids is 1. The van der Waals surface area contributed by atoms with Crippen molar-refractivity contribution in [3.05, 3.63) is 77.4 Å². The van der Waals surface area contributed by atoms with E-state index in [4.69, 9.17) is 9.84 Å². The van der Waals surface area contributed by atoms with Gasteiger partial charge in [0.25, 0.3) is 0 Å². The van der Waals surface area contributed by atoms with Crippen molar-refractivity contribution in [1.29, 1.82) is 0 Å². The Morgan fingerprint density at radius 2 is 1.91 bits per heavy atom. The molecule has 0 spiro atoms. The van der Waals surface area contributed by atoms with Gasteiger partial charge in [0, 0.05) is 18.0 Å². The minimum absolute atomic E-state index is 0.223. The van der Waals surface area contributed by atoms with Gasteiger partial charge >= 0.3 is 5.97 Å². The lowest BCUT2D eigenvalue weighted by atomic mass is 9.88. The van der Waals surface area contributed by atoms with E-state index in [9.17, 15) is 18.7 Å². The van der Waals surface area contributed by atoms with Crippen LogP contribution in [0.1, 0.15) is 49.3 Å². The number of fused-ring (bicyclic) bond motifs is 1. The molecule has 0 fully saturated rings. The molecular weight excluding hydrogens is 440 g/mol. The predicted molar refractivity (Wildman–Crippen MR) is 127 cm³/mol. The number of carboxylic acid groups (broad SMARTS) is 1. The van der Waals surface area contributed by atoms with Gasteiger partial charge in [-0.25, -0.2) is 4.39 Å². The molecule has 0 amide bonds. The monoisotopic (exact) mass is 473 g/mol. The number of rotatable bonds is 12. The third-order valence-electron chi connectivity index (χ3n) is 6.31. The fourth-order valence-corrected chi connectivity index (χ4v) is 4.66. The molecule has 2 atom stereocenters. The van der Waals surface area contributed by atoms with Gasteiger partial charge in [0.2, 0.25) is 5.82 Å². The summed E-state index contributed by atoms with van der Waals surface area (Å²) in [4.78, 5) is 11.0. The first kappa shape index (κ1) is 25.8. The normalized spacial score (nSPS) is 15.6. The maximum atomic E-state index is 14.2. The number of allylic oxidation sites excluding steroid dienone is 1. The zero-order valence-corrected chi connectivity index (χ0v) is 19.7. The number of carboxylic acids is 1. The second kappa shape index (κ2) is 11.1. The molecule has 3 rings (SSSR count). The van der Waals surface area contributed by atoms with Crippen molar-refractivity contribution < 1.29 is 28.5 Å². The zero-order valence-electron chi connectivity index (χ0n) is 19.7. The Morgan fingerprint density at radius 3 is 2.50 bits per heavy atom. The number of nitrogens with one attached hydrogen (secondary N) is 1. The highest BCUT2D eigenvalue weighted by Crippen LogP contribution is 2.32. The minimum atomic E-state index is -1.18. The van der Waals surface area contributed by atoms with Gasteiger partial charge in [-0.15, -0.1) is 6.58 Å². The summed E-state index contributed by atoms with van der Waals surface area (Å²) in [6.45, 7) is 7.73. The zero-order chi connectivity index (χ0) is 24.9. The van der Waals surface area contributed by atoms with Crippen molar-refractivity contribution in [3.8, 4) is 5.75 Å². The lowest BCUT2D eigenvalue weighted by molar-refractivity contribution is -0.137. The summed E-state index contributed by atoms with van der Waals surface area (Å²) < 4.78 is 33.7. The summed E-state index contributed by atoms with van der Waals surface area (Å²) in [5.74, 6) is -3.93. The number of β-amino-alcohol motifs (C(OH)–C–C–N with tert-alkyl or cyclic N) is 1. The molecule has 5 nitrogen and oxygen atoms in total. The third kappa shape index (κ3) is 6.87. The molecular formula is C27H33F2NO4. The number of aliphatic hydroxyl groups is 1. The standard InChI is InChI=1S/C27H33F2NO4/c1-4-18(13-25(32)33)21-11-23(28)26(29)24(12-21)34-16-22(31)15-30-27(2,3)14-17-9-19-7-5-6-8-20(19)10-17/h4-8,11-12,17-18,22,30-31H,1,9-10,13-16H2,2-3H3,(H,32,33)/t18?,22-/m0/s1. The van der Waals surface area contributed by atoms with Gasteiger partial charge in [0.05, 0.1) is 6.42 Å². The fourth-order valence-electron chi connectivity index (χ4n) is 4.66. The summed E-state index contributed by atoms with van der Waals surface area (Å²) in [6, 6.07) is 10.7. The molecule has 7 heteroatoms. The number of ether oxygens (including phenoxy) is 1. The first-order valence-electron chi connectivity index (χ1n) is 11.5. The molecule has 2 aromatic carbocycles. The van der Waals surface area contributed by atoms with Crippen molar-refractivity contribution in [2.24, 2.45) is 5.92 Å². The van der Waals surface area contributed by atoms with Crippen LogP contribution in [0.25, 0.3) is 0 Å². The summed E-state index contributed by atoms with van der Waals surface area (Å²) in [6.07, 6.45) is 3.14. The molecule has 1 aliphatic rings. The van der Waals surface area contributed by atoms with E-state index in [0.717, 1.165) is 25.3 Å². The van der Waals surface area contributed by atoms with E-state index in [2.05, 4.69) is 50.0 Å². The minimum Gasteiger partial charge on any atom is -0.488 e. The Balaban J connectivity index is 1.53. The highest BCUT2D eigenvalue weighted by Gasteiger charge is 2.28. The molecule has 1 aliphatic carbocycles. The van der Waals surface area contributed by atoms with Crippen LogP contribution >= 0.6 is 0 Å². The highest BCUT2D eigenvalue weighted by atomic mass is 19.2. The number of aliphatic hydroxyl groups excluding tert-OH is 1. The first-order chi connectivity index (χ1) is 16.1. The van der Waals surface area contributed by atoms with E-state index in [-0.39, 0.29) is 36.4 Å². The van der Waals surface area contributed by atoms with Gasteiger partial charge in [0.15, 0.2) is 11.6 Å². The Labute approximate surface area is 199 Å². The van der Waals surface area contributed by atoms with E-state index >= 15 is 0 Å². The molecule has 0 heterocycles. The molecule has 34 heavy (non-hydrogen) atoms. The lowest BCUT2D eigenvalue weighted by Gasteiger charge is -2.30. The largest absolute Gasteiger partial charge is 0.488 e. The molecule has 0 aliphatic heterocycles. The van der Waals surface area contributed by atoms with Crippen LogP contribution < -0.4 is 10.1 Å². The fraction of sp³-hybridized carbons (Fsp3) is 0.444. The SMILES string of the molecule is C=CC(CC(=O)O)c1cc(F)c(F)c(OC[C@@H](O)CNC(C)(C)CC2Cc3ccccc3C2)c1. The molecule has 0 saturated carbocycles. The smallest absolute Gasteiger partial charge is 0.304 e. The molecule has 0 aromatic heterocycles. The number of benzene rings is 2. The average molecular weight is 474 g/mol. The van der Waals surface area contributed by atoms with Gasteiger partial charge in [-0.2, -0.15) is 4.39 Å². The Morgan fingerprint density at radius 1 is 1.26 bits per heavy atom. The number of hydrogen-bond acceptors (Lipinski definition) is 4. The molecule has 0 bridgehead atoms. The molecule has 0 radical (unpaired) electrons. The first-order valence-corrected chi connectivity index (χ1v) is 11.5. The lowest BCUT2D eigenvalue weighted by Crippen LogP contribution is -2.46. The summed E-state index contributed by atoms with van der Waals surface area (Å²) in [5, 5.41) is 22.8. The van der Waals surface area contributed by atoms with Crippen molar-refractivity contribution in [2.75, 3.05) is 13.2 Å². The van der Waals surface area contributed by atoms with E-state index in [1.165, 1.54) is 23.3 Å². The van der Waals surface area contributed by atoms with E-state index in [1.807, 2.05) is 0 Å². The van der Waals surface area contributed by atoms with Crippen LogP contribution in [0.5, 0.6) is 5.75 Å². The topological polar surface area (TPSA) is 78.8 Å². The Bertz CT molecular complexity index is 999. The third-order valence-corrected chi connectivity index (χ3v) is 6.31. The van der Waals surface area contributed by atoms with Crippen molar-refractivity contribution in [3.63, 3.8) is 0 Å². The average Bonchev–Trinajstić information content (AvgIpc) is 3.18. The molecule has 2 aromatic rings. The van der Waals surface area contributed by atoms with Crippen LogP contribution in [0.3, 0.4) is 0 Å². The van der Waals surface area contributed by atoms with Crippen molar-refractivity contribution in [1.82, 2.24) is 5.32 Å². The predicted octanol–water partition coefficient (Wildman–Crippen LogP) is 4.62. The number of halogens is 2. The van der Waals surface area contributed by atoms with Crippen molar-refractivity contribution in [2.45, 2.75) is 57.1 Å². The maximum Gasteiger partial charge on any atom is 0.304 e. The van der Waals surface area contributed by atoms with Crippen LogP contribution in [-0.2, 0) is 17.6 Å². The quantitative estimate of drug-likeness (QED) is 0.392. The second-order valence-corrected chi connectivity index (χ2v) is 9.73. The van der Waals surface area contributed by atoms with Crippen LogP contribution in [0.2, 0.25) is 0 Å². The van der Waals surface area contributed by atoms with Crippen LogP contribution in [0, 0.1) is 17.6 Å². The van der Waals surface area contributed by atoms with Gasteiger partial charge in [0.1, 0.15) is 12.7 Å². The van der Waals surface area contributed by atoms with E-state index in [1.54, 1.807) is 0 Å². The number of hydrogen-bond donors (Lipinski definition) is 3. The molecule has 3 N–H and O–H groups in total. The summed E-state index contributed by atoms with van der Waals surface area (Å²) in [7, 11) is 0. The summed E-state index contributed by atoms with van der Waals surface area (Å²) >= 11 is 0. The van der Waals surface area contributed by atoms with Gasteiger partial charge in [-0.3, -0.25) is 4.79 Å². The summed E-state index contributed by atoms with van der Waals surface area (Å²) in [5.41, 5.74) is 2.82. The van der Waals surface area contributed by atoms with Crippen LogP contribution in [0.4, 0.5) is 8.78 Å². The van der Waals surface area contributed by atoms with Gasteiger partial charge < -0.3 is 20.3 Å². The van der Waals surface area contributed by atoms with Gasteiger partial charge in [-0.05, 0) is 67.9 Å². The van der Waals surface area contributed by atoms with Crippen molar-refractivity contribution >= 4 is 5.97 Å². The molecule has 0 saturated heterocycles. The Kier molecular flexibility index (Phi) is 8.44. The number of carbonyl (C=O) groups is 1. The van der Waals surface area contributed by atoms with Crippen LogP contribution in [0.15, 0.2) is 49.1 Å². The van der Waals surface area contributed by atoms with E-state index < -0.39 is 29.6 Å². The van der Waals surface area contributed by atoms with Crippen LogP contribution in [-0.4, -0.2) is 41.0 Å².